The van der Waals surface area contributed by atoms with Crippen LogP contribution in [0, 0.1) is 13.8 Å². The van der Waals surface area contributed by atoms with Crippen LogP contribution in [0.2, 0.25) is 0 Å². The van der Waals surface area contributed by atoms with E-state index < -0.39 is 0 Å². The molecule has 1 heterocycles. The van der Waals surface area contributed by atoms with Crippen LogP contribution in [0.25, 0.3) is 5.69 Å². The first kappa shape index (κ1) is 12.6. The van der Waals surface area contributed by atoms with Gasteiger partial charge in [-0.15, -0.1) is 0 Å². The first-order chi connectivity index (χ1) is 8.70. The van der Waals surface area contributed by atoms with Crippen molar-refractivity contribution in [1.82, 2.24) is 9.55 Å². The van der Waals surface area contributed by atoms with Crippen LogP contribution in [-0.2, 0) is 4.74 Å². The molecule has 0 aliphatic carbocycles. The van der Waals surface area contributed by atoms with Gasteiger partial charge < -0.3 is 10.1 Å². The number of nitrogens with one attached hydrogen (secondary N) is 1. The Kier molecular flexibility index (Phi) is 3.99. The van der Waals surface area contributed by atoms with Crippen LogP contribution in [0.15, 0.2) is 30.6 Å². The van der Waals surface area contributed by atoms with E-state index >= 15 is 0 Å². The standard InChI is InChI=1S/C14H19N3O/c1-11-8-12(2)10-13(9-11)17-6-4-15-14(17)16-5-7-18-3/h4,6,8-10H,5,7H2,1-3H3,(H,15,16). The van der Waals surface area contributed by atoms with Gasteiger partial charge >= 0.3 is 0 Å². The smallest absolute Gasteiger partial charge is 0.207 e. The molecule has 0 fully saturated rings. The third-order valence-corrected chi connectivity index (χ3v) is 2.71. The molecule has 2 rings (SSSR count). The molecular weight excluding hydrogens is 226 g/mol. The van der Waals surface area contributed by atoms with E-state index in [0.717, 1.165) is 18.2 Å². The average Bonchev–Trinajstić information content (AvgIpc) is 2.76. The number of rotatable bonds is 5. The highest BCUT2D eigenvalue weighted by molar-refractivity contribution is 5.45. The maximum atomic E-state index is 5.02. The lowest BCUT2D eigenvalue weighted by Crippen LogP contribution is -2.11. The Morgan fingerprint density at radius 2 is 1.94 bits per heavy atom. The van der Waals surface area contributed by atoms with Crippen molar-refractivity contribution in [1.29, 1.82) is 0 Å². The number of anilines is 1. The maximum absolute atomic E-state index is 5.02. The van der Waals surface area contributed by atoms with Gasteiger partial charge in [-0.2, -0.15) is 0 Å². The molecule has 0 aliphatic rings. The first-order valence-corrected chi connectivity index (χ1v) is 6.05. The fraction of sp³-hybridized carbons (Fsp3) is 0.357. The highest BCUT2D eigenvalue weighted by atomic mass is 16.5. The van der Waals surface area contributed by atoms with Crippen molar-refractivity contribution < 1.29 is 4.74 Å². The summed E-state index contributed by atoms with van der Waals surface area (Å²) >= 11 is 0. The second kappa shape index (κ2) is 5.69. The van der Waals surface area contributed by atoms with E-state index in [1.54, 1.807) is 13.3 Å². The van der Waals surface area contributed by atoms with Gasteiger partial charge in [0.1, 0.15) is 0 Å². The van der Waals surface area contributed by atoms with E-state index in [4.69, 9.17) is 4.74 Å². The van der Waals surface area contributed by atoms with Crippen molar-refractivity contribution in [3.63, 3.8) is 0 Å². The van der Waals surface area contributed by atoms with Gasteiger partial charge in [0.15, 0.2) is 0 Å². The normalized spacial score (nSPS) is 10.6. The summed E-state index contributed by atoms with van der Waals surface area (Å²) in [6.07, 6.45) is 3.76. The lowest BCUT2D eigenvalue weighted by Gasteiger charge is -2.11. The first-order valence-electron chi connectivity index (χ1n) is 6.05. The number of aromatic nitrogens is 2. The van der Waals surface area contributed by atoms with Crippen molar-refractivity contribution in [2.24, 2.45) is 0 Å². The zero-order chi connectivity index (χ0) is 13.0. The van der Waals surface area contributed by atoms with Gasteiger partial charge in [-0.1, -0.05) is 6.07 Å². The Bertz CT molecular complexity index is 499. The maximum Gasteiger partial charge on any atom is 0.207 e. The zero-order valence-corrected chi connectivity index (χ0v) is 11.1. The van der Waals surface area contributed by atoms with E-state index in [1.807, 2.05) is 6.20 Å². The van der Waals surface area contributed by atoms with Crippen LogP contribution in [0.3, 0.4) is 0 Å². The molecule has 4 nitrogen and oxygen atoms in total. The van der Waals surface area contributed by atoms with Crippen LogP contribution < -0.4 is 5.32 Å². The van der Waals surface area contributed by atoms with Gasteiger partial charge in [0.25, 0.3) is 0 Å². The molecule has 0 radical (unpaired) electrons. The van der Waals surface area contributed by atoms with Crippen molar-refractivity contribution in [2.45, 2.75) is 13.8 Å². The van der Waals surface area contributed by atoms with Crippen molar-refractivity contribution in [3.05, 3.63) is 41.7 Å². The SMILES string of the molecule is COCCNc1nccn1-c1cc(C)cc(C)c1. The van der Waals surface area contributed by atoms with Crippen molar-refractivity contribution >= 4 is 5.95 Å². The minimum Gasteiger partial charge on any atom is -0.383 e. The number of imidazole rings is 1. The molecular formula is C14H19N3O. The minimum atomic E-state index is 0.666. The molecule has 1 aromatic carbocycles. The molecule has 1 aromatic heterocycles. The summed E-state index contributed by atoms with van der Waals surface area (Å²) in [6.45, 7) is 5.62. The van der Waals surface area contributed by atoms with Crippen LogP contribution >= 0.6 is 0 Å². The lowest BCUT2D eigenvalue weighted by atomic mass is 10.1. The predicted octanol–water partition coefficient (Wildman–Crippen LogP) is 2.55. The van der Waals surface area contributed by atoms with Gasteiger partial charge in [-0.25, -0.2) is 4.98 Å². The number of hydrogen-bond donors (Lipinski definition) is 1. The summed E-state index contributed by atoms with van der Waals surface area (Å²) in [5.74, 6) is 0.844. The van der Waals surface area contributed by atoms with Crippen LogP contribution in [0.1, 0.15) is 11.1 Å². The largest absolute Gasteiger partial charge is 0.383 e. The number of ether oxygens (including phenoxy) is 1. The third-order valence-electron chi connectivity index (χ3n) is 2.71. The molecule has 4 heteroatoms. The predicted molar refractivity (Wildman–Crippen MR) is 73.4 cm³/mol. The molecule has 1 N–H and O–H groups in total. The summed E-state index contributed by atoms with van der Waals surface area (Å²) in [7, 11) is 1.69. The van der Waals surface area contributed by atoms with Crippen LogP contribution in [0.4, 0.5) is 5.95 Å². The van der Waals surface area contributed by atoms with Gasteiger partial charge in [0.2, 0.25) is 5.95 Å². The summed E-state index contributed by atoms with van der Waals surface area (Å²) in [5, 5.41) is 3.26. The van der Waals surface area contributed by atoms with E-state index in [1.165, 1.54) is 11.1 Å². The van der Waals surface area contributed by atoms with Gasteiger partial charge in [-0.05, 0) is 37.1 Å². The lowest BCUT2D eigenvalue weighted by molar-refractivity contribution is 0.210. The molecule has 0 saturated heterocycles. The van der Waals surface area contributed by atoms with Crippen LogP contribution in [-0.4, -0.2) is 29.8 Å². The molecule has 0 atom stereocenters. The molecule has 18 heavy (non-hydrogen) atoms. The summed E-state index contributed by atoms with van der Waals surface area (Å²) < 4.78 is 7.08. The van der Waals surface area contributed by atoms with Crippen LogP contribution in [0.5, 0.6) is 0 Å². The Balaban J connectivity index is 2.24. The zero-order valence-electron chi connectivity index (χ0n) is 11.1. The molecule has 0 saturated carbocycles. The number of aryl methyl sites for hydroxylation is 2. The third kappa shape index (κ3) is 2.90. The number of benzene rings is 1. The highest BCUT2D eigenvalue weighted by Crippen LogP contribution is 2.17. The number of hydrogen-bond acceptors (Lipinski definition) is 3. The summed E-state index contributed by atoms with van der Waals surface area (Å²) in [5.41, 5.74) is 3.63. The second-order valence-corrected chi connectivity index (χ2v) is 4.39. The van der Waals surface area contributed by atoms with Gasteiger partial charge in [-0.3, -0.25) is 4.57 Å². The number of nitrogens with zero attached hydrogens (tertiary/aromatic N) is 2. The Labute approximate surface area is 108 Å². The molecule has 0 aliphatic heterocycles. The monoisotopic (exact) mass is 245 g/mol. The molecule has 2 aromatic rings. The van der Waals surface area contributed by atoms with E-state index in [0.29, 0.717) is 6.61 Å². The summed E-state index contributed by atoms with van der Waals surface area (Å²) in [6, 6.07) is 6.46. The molecule has 96 valence electrons. The second-order valence-electron chi connectivity index (χ2n) is 4.39. The van der Waals surface area contributed by atoms with Gasteiger partial charge in [0, 0.05) is 31.7 Å². The minimum absolute atomic E-state index is 0.666. The molecule has 0 unspecified atom stereocenters. The molecule has 0 amide bonds. The fourth-order valence-electron chi connectivity index (χ4n) is 2.00. The Morgan fingerprint density at radius 1 is 1.22 bits per heavy atom. The molecule has 0 bridgehead atoms. The average molecular weight is 245 g/mol. The Hall–Kier alpha value is -1.81. The highest BCUT2D eigenvalue weighted by Gasteiger charge is 2.05. The van der Waals surface area contributed by atoms with E-state index in [2.05, 4.69) is 46.9 Å². The van der Waals surface area contributed by atoms with E-state index in [-0.39, 0.29) is 0 Å². The Morgan fingerprint density at radius 3 is 2.61 bits per heavy atom. The van der Waals surface area contributed by atoms with Gasteiger partial charge in [0.05, 0.1) is 6.61 Å². The fourth-order valence-corrected chi connectivity index (χ4v) is 2.00. The molecule has 0 spiro atoms. The van der Waals surface area contributed by atoms with E-state index in [9.17, 15) is 0 Å². The topological polar surface area (TPSA) is 39.1 Å². The van der Waals surface area contributed by atoms with Crippen molar-refractivity contribution in [3.8, 4) is 5.69 Å². The number of methoxy groups -OCH3 is 1. The van der Waals surface area contributed by atoms with Crippen molar-refractivity contribution in [2.75, 3.05) is 25.6 Å². The quantitative estimate of drug-likeness (QED) is 0.823. The summed E-state index contributed by atoms with van der Waals surface area (Å²) in [4.78, 5) is 4.32.